The number of carbonyl (C=O) groups is 2. The molecule has 148 valence electrons. The zero-order valence-corrected chi connectivity index (χ0v) is 16.2. The van der Waals surface area contributed by atoms with Gasteiger partial charge in [0.25, 0.3) is 0 Å². The third kappa shape index (κ3) is 5.25. The second-order valence-corrected chi connectivity index (χ2v) is 6.80. The molecule has 1 fully saturated rings. The fourth-order valence-electron chi connectivity index (χ4n) is 3.33. The third-order valence-electron chi connectivity index (χ3n) is 4.77. The van der Waals surface area contributed by atoms with Crippen LogP contribution in [0.2, 0.25) is 0 Å². The first kappa shape index (κ1) is 19.7. The molecule has 1 heterocycles. The number of likely N-dealkylation sites (tertiary alicyclic amines) is 1. The zero-order chi connectivity index (χ0) is 19.8. The van der Waals surface area contributed by atoms with Crippen LogP contribution in [0.3, 0.4) is 0 Å². The molecule has 0 radical (unpaired) electrons. The van der Waals surface area contributed by atoms with Gasteiger partial charge >= 0.3 is 6.09 Å². The largest absolute Gasteiger partial charge is 0.450 e. The molecule has 1 saturated heterocycles. The van der Waals surface area contributed by atoms with Gasteiger partial charge in [-0.3, -0.25) is 10.1 Å². The topological polar surface area (TPSA) is 70.7 Å². The van der Waals surface area contributed by atoms with Gasteiger partial charge < -0.3 is 15.0 Å². The number of rotatable bonds is 6. The zero-order valence-electron chi connectivity index (χ0n) is 16.2. The molecular formula is C22H27N3O3. The van der Waals surface area contributed by atoms with Gasteiger partial charge in [-0.1, -0.05) is 30.3 Å². The maximum Gasteiger partial charge on any atom is 0.411 e. The Kier molecular flexibility index (Phi) is 6.89. The van der Waals surface area contributed by atoms with E-state index in [1.807, 2.05) is 47.4 Å². The molecule has 2 aromatic rings. The van der Waals surface area contributed by atoms with Crippen molar-refractivity contribution in [2.24, 2.45) is 0 Å². The lowest BCUT2D eigenvalue weighted by Gasteiger charge is -2.31. The summed E-state index contributed by atoms with van der Waals surface area (Å²) in [4.78, 5) is 26.7. The highest BCUT2D eigenvalue weighted by Crippen LogP contribution is 2.24. The highest BCUT2D eigenvalue weighted by molar-refractivity contribution is 5.87. The van der Waals surface area contributed by atoms with Crippen molar-refractivity contribution in [3.05, 3.63) is 60.2 Å². The van der Waals surface area contributed by atoms with Crippen molar-refractivity contribution in [1.29, 1.82) is 0 Å². The van der Waals surface area contributed by atoms with Gasteiger partial charge in [0.05, 0.1) is 6.61 Å². The van der Waals surface area contributed by atoms with Crippen molar-refractivity contribution in [3.63, 3.8) is 0 Å². The molecule has 1 atom stereocenters. The number of carbonyl (C=O) groups excluding carboxylic acids is 2. The summed E-state index contributed by atoms with van der Waals surface area (Å²) in [6.07, 6.45) is 2.82. The van der Waals surface area contributed by atoms with Gasteiger partial charge in [0.15, 0.2) is 0 Å². The van der Waals surface area contributed by atoms with Gasteiger partial charge in [-0.25, -0.2) is 4.79 Å². The molecule has 0 aliphatic carbocycles. The van der Waals surface area contributed by atoms with Crippen molar-refractivity contribution in [2.75, 3.05) is 30.3 Å². The van der Waals surface area contributed by atoms with E-state index in [9.17, 15) is 9.59 Å². The molecule has 0 aromatic heterocycles. The van der Waals surface area contributed by atoms with E-state index in [1.165, 1.54) is 6.42 Å². The van der Waals surface area contributed by atoms with E-state index >= 15 is 0 Å². The summed E-state index contributed by atoms with van der Waals surface area (Å²) in [5.74, 6) is 0.0969. The lowest BCUT2D eigenvalue weighted by Crippen LogP contribution is -2.41. The van der Waals surface area contributed by atoms with Crippen LogP contribution in [0.5, 0.6) is 0 Å². The van der Waals surface area contributed by atoms with Crippen LogP contribution in [0, 0.1) is 0 Å². The van der Waals surface area contributed by atoms with Gasteiger partial charge in [-0.15, -0.1) is 0 Å². The highest BCUT2D eigenvalue weighted by atomic mass is 16.5. The third-order valence-corrected chi connectivity index (χ3v) is 4.77. The fraction of sp³-hybridized carbons (Fsp3) is 0.364. The Bertz CT molecular complexity index is 771. The van der Waals surface area contributed by atoms with Crippen LogP contribution in [-0.2, 0) is 9.53 Å². The SMILES string of the molecule is CCOC(=O)Nc1ccc(NC(C(=O)N2CCCCC2)c2ccccc2)cc1. The minimum Gasteiger partial charge on any atom is -0.450 e. The van der Waals surface area contributed by atoms with Crippen molar-refractivity contribution in [2.45, 2.75) is 32.2 Å². The number of hydrogen-bond donors (Lipinski definition) is 2. The van der Waals surface area contributed by atoms with Gasteiger partial charge in [-0.05, 0) is 56.0 Å². The van der Waals surface area contributed by atoms with Crippen LogP contribution in [-0.4, -0.2) is 36.6 Å². The predicted octanol–water partition coefficient (Wildman–Crippen LogP) is 4.42. The molecule has 6 heteroatoms. The average molecular weight is 381 g/mol. The first-order chi connectivity index (χ1) is 13.7. The smallest absolute Gasteiger partial charge is 0.411 e. The van der Waals surface area contributed by atoms with Gasteiger partial charge in [-0.2, -0.15) is 0 Å². The summed E-state index contributed by atoms with van der Waals surface area (Å²) in [6, 6.07) is 16.6. The van der Waals surface area contributed by atoms with Crippen LogP contribution >= 0.6 is 0 Å². The maximum atomic E-state index is 13.2. The number of nitrogens with one attached hydrogen (secondary N) is 2. The first-order valence-corrected chi connectivity index (χ1v) is 9.81. The van der Waals surface area contributed by atoms with Crippen LogP contribution in [0.1, 0.15) is 37.8 Å². The predicted molar refractivity (Wildman–Crippen MR) is 110 cm³/mol. The van der Waals surface area contributed by atoms with Crippen molar-refractivity contribution in [1.82, 2.24) is 4.90 Å². The monoisotopic (exact) mass is 381 g/mol. The number of benzene rings is 2. The minimum atomic E-state index is -0.481. The number of amides is 2. The Balaban J connectivity index is 1.74. The van der Waals surface area contributed by atoms with Gasteiger partial charge in [0.1, 0.15) is 6.04 Å². The number of anilines is 2. The summed E-state index contributed by atoms with van der Waals surface area (Å²) < 4.78 is 4.88. The summed E-state index contributed by atoms with van der Waals surface area (Å²) >= 11 is 0. The molecule has 0 bridgehead atoms. The van der Waals surface area contributed by atoms with Crippen LogP contribution in [0.4, 0.5) is 16.2 Å². The number of piperidine rings is 1. The second-order valence-electron chi connectivity index (χ2n) is 6.80. The maximum absolute atomic E-state index is 13.2. The molecule has 6 nitrogen and oxygen atoms in total. The number of hydrogen-bond acceptors (Lipinski definition) is 4. The lowest BCUT2D eigenvalue weighted by atomic mass is 10.0. The van der Waals surface area contributed by atoms with E-state index in [1.54, 1.807) is 19.1 Å². The lowest BCUT2D eigenvalue weighted by molar-refractivity contribution is -0.133. The van der Waals surface area contributed by atoms with Gasteiger partial charge in [0, 0.05) is 24.5 Å². The molecule has 1 aliphatic rings. The summed E-state index contributed by atoms with van der Waals surface area (Å²) in [5.41, 5.74) is 2.39. The Morgan fingerprint density at radius 2 is 1.61 bits per heavy atom. The van der Waals surface area contributed by atoms with Gasteiger partial charge in [0.2, 0.25) is 5.91 Å². The Hall–Kier alpha value is -3.02. The molecule has 2 N–H and O–H groups in total. The van der Waals surface area contributed by atoms with E-state index < -0.39 is 12.1 Å². The molecule has 3 rings (SSSR count). The fourth-order valence-corrected chi connectivity index (χ4v) is 3.33. The first-order valence-electron chi connectivity index (χ1n) is 9.81. The highest BCUT2D eigenvalue weighted by Gasteiger charge is 2.26. The molecule has 2 aromatic carbocycles. The molecule has 2 amide bonds. The molecule has 0 spiro atoms. The molecule has 0 saturated carbocycles. The van der Waals surface area contributed by atoms with Crippen molar-refractivity contribution >= 4 is 23.4 Å². The average Bonchev–Trinajstić information content (AvgIpc) is 2.74. The van der Waals surface area contributed by atoms with Crippen LogP contribution < -0.4 is 10.6 Å². The van der Waals surface area contributed by atoms with E-state index in [0.717, 1.165) is 37.2 Å². The van der Waals surface area contributed by atoms with E-state index in [4.69, 9.17) is 4.74 Å². The van der Waals surface area contributed by atoms with E-state index in [-0.39, 0.29) is 5.91 Å². The summed E-state index contributed by atoms with van der Waals surface area (Å²) in [7, 11) is 0. The number of nitrogens with zero attached hydrogens (tertiary/aromatic N) is 1. The van der Waals surface area contributed by atoms with Crippen LogP contribution in [0.15, 0.2) is 54.6 Å². The number of ether oxygens (including phenoxy) is 1. The normalized spacial score (nSPS) is 14.8. The summed E-state index contributed by atoms with van der Waals surface area (Å²) in [5, 5.41) is 6.03. The molecule has 28 heavy (non-hydrogen) atoms. The Morgan fingerprint density at radius 1 is 0.964 bits per heavy atom. The minimum absolute atomic E-state index is 0.0969. The molecule has 1 unspecified atom stereocenters. The van der Waals surface area contributed by atoms with Crippen molar-refractivity contribution < 1.29 is 14.3 Å². The molecule has 1 aliphatic heterocycles. The second kappa shape index (κ2) is 9.78. The standard InChI is InChI=1S/C22H27N3O3/c1-2-28-22(27)24-19-13-11-18(12-14-19)23-20(17-9-5-3-6-10-17)21(26)25-15-7-4-8-16-25/h3,5-6,9-14,20,23H,2,4,7-8,15-16H2,1H3,(H,24,27). The quantitative estimate of drug-likeness (QED) is 0.777. The van der Waals surface area contributed by atoms with E-state index in [0.29, 0.717) is 12.3 Å². The summed E-state index contributed by atoms with van der Waals surface area (Å²) in [6.45, 7) is 3.71. The van der Waals surface area contributed by atoms with Crippen molar-refractivity contribution in [3.8, 4) is 0 Å². The molecular weight excluding hydrogens is 354 g/mol. The van der Waals surface area contributed by atoms with E-state index in [2.05, 4.69) is 10.6 Å². The Morgan fingerprint density at radius 3 is 2.25 bits per heavy atom. The Labute approximate surface area is 165 Å². The van der Waals surface area contributed by atoms with Crippen LogP contribution in [0.25, 0.3) is 0 Å².